The van der Waals surface area contributed by atoms with Crippen molar-refractivity contribution in [2.24, 2.45) is 0 Å². The molecule has 146 valence electrons. The Morgan fingerprint density at radius 2 is 1.89 bits per heavy atom. The van der Waals surface area contributed by atoms with E-state index in [9.17, 15) is 9.32 Å². The van der Waals surface area contributed by atoms with E-state index < -0.39 is 15.4 Å². The number of nitrogens with zero attached hydrogens (tertiary/aromatic N) is 1. The number of fused-ring (bicyclic) bond motifs is 1. The van der Waals surface area contributed by atoms with Gasteiger partial charge < -0.3 is 24.9 Å². The fourth-order valence-electron chi connectivity index (χ4n) is 2.37. The minimum absolute atomic E-state index is 0.132. The number of oxazole rings is 1. The maximum atomic E-state index is 10.1. The van der Waals surface area contributed by atoms with Crippen molar-refractivity contribution in [3.63, 3.8) is 0 Å². The SMILES string of the molecule is C=S(=O)(O)CCO.CC(C)(O)c1cc2oc(-c3ccccc3)nc2cc1N. The lowest BCUT2D eigenvalue weighted by Gasteiger charge is -2.19. The summed E-state index contributed by atoms with van der Waals surface area (Å²) in [7, 11) is -2.92. The Kier molecular flexibility index (Phi) is 6.27. The summed E-state index contributed by atoms with van der Waals surface area (Å²) >= 11 is 0. The average molecular weight is 392 g/mol. The van der Waals surface area contributed by atoms with Gasteiger partial charge in [0.2, 0.25) is 5.89 Å². The number of aliphatic hydroxyl groups excluding tert-OH is 1. The minimum Gasteiger partial charge on any atom is -0.436 e. The normalized spacial score (nSPS) is 13.7. The highest BCUT2D eigenvalue weighted by Crippen LogP contribution is 2.32. The quantitative estimate of drug-likeness (QED) is 0.396. The van der Waals surface area contributed by atoms with Gasteiger partial charge in [-0.15, -0.1) is 0 Å². The number of hydrogen-bond acceptors (Lipinski definition) is 6. The highest BCUT2D eigenvalue weighted by atomic mass is 32.2. The smallest absolute Gasteiger partial charge is 0.227 e. The van der Waals surface area contributed by atoms with Crippen LogP contribution in [0.4, 0.5) is 5.69 Å². The summed E-state index contributed by atoms with van der Waals surface area (Å²) in [5.74, 6) is 3.30. The molecule has 2 aromatic carbocycles. The van der Waals surface area contributed by atoms with Crippen LogP contribution in [0.2, 0.25) is 0 Å². The average Bonchev–Trinajstić information content (AvgIpc) is 2.96. The fourth-order valence-corrected chi connectivity index (χ4v) is 2.65. The lowest BCUT2D eigenvalue weighted by molar-refractivity contribution is 0.0794. The maximum absolute atomic E-state index is 10.1. The van der Waals surface area contributed by atoms with Gasteiger partial charge in [-0.1, -0.05) is 18.2 Å². The molecule has 3 rings (SSSR count). The highest BCUT2D eigenvalue weighted by molar-refractivity contribution is 7.95. The van der Waals surface area contributed by atoms with Gasteiger partial charge in [-0.25, -0.2) is 9.19 Å². The molecule has 0 amide bonds. The van der Waals surface area contributed by atoms with Crippen LogP contribution in [-0.4, -0.2) is 42.2 Å². The third-order valence-electron chi connectivity index (χ3n) is 3.65. The van der Waals surface area contributed by atoms with Crippen LogP contribution >= 0.6 is 0 Å². The van der Waals surface area contributed by atoms with Crippen LogP contribution in [0.1, 0.15) is 19.4 Å². The van der Waals surface area contributed by atoms with Gasteiger partial charge in [0.25, 0.3) is 0 Å². The van der Waals surface area contributed by atoms with E-state index in [-0.39, 0.29) is 12.4 Å². The zero-order valence-electron chi connectivity index (χ0n) is 15.3. The van der Waals surface area contributed by atoms with Gasteiger partial charge in [0.1, 0.15) is 5.52 Å². The second kappa shape index (κ2) is 8.10. The summed E-state index contributed by atoms with van der Waals surface area (Å²) in [6, 6.07) is 13.2. The predicted molar refractivity (Wildman–Crippen MR) is 109 cm³/mol. The molecule has 3 aromatic rings. The van der Waals surface area contributed by atoms with Crippen molar-refractivity contribution in [2.45, 2.75) is 19.4 Å². The van der Waals surface area contributed by atoms with E-state index in [0.717, 1.165) is 5.56 Å². The maximum Gasteiger partial charge on any atom is 0.227 e. The molecule has 8 heteroatoms. The number of aromatic nitrogens is 1. The molecule has 0 aliphatic carbocycles. The minimum atomic E-state index is -2.92. The van der Waals surface area contributed by atoms with Gasteiger partial charge in [0, 0.05) is 16.8 Å². The number of benzene rings is 2. The Morgan fingerprint density at radius 1 is 1.26 bits per heavy atom. The molecule has 1 aromatic heterocycles. The van der Waals surface area contributed by atoms with Crippen LogP contribution in [0.15, 0.2) is 46.9 Å². The molecule has 0 fully saturated rings. The second-order valence-corrected chi connectivity index (χ2v) is 8.50. The molecule has 27 heavy (non-hydrogen) atoms. The van der Waals surface area contributed by atoms with Gasteiger partial charge in [0.05, 0.1) is 27.8 Å². The van der Waals surface area contributed by atoms with Gasteiger partial charge in [-0.05, 0) is 44.0 Å². The van der Waals surface area contributed by atoms with E-state index in [1.807, 2.05) is 30.3 Å². The molecule has 0 saturated carbocycles. The van der Waals surface area contributed by atoms with Crippen molar-refractivity contribution in [1.82, 2.24) is 4.98 Å². The number of nitrogens with two attached hydrogens (primary N) is 1. The van der Waals surface area contributed by atoms with Gasteiger partial charge in [-0.3, -0.25) is 0 Å². The molecule has 0 radical (unpaired) electrons. The number of nitrogen functional groups attached to an aromatic ring is 1. The van der Waals surface area contributed by atoms with Crippen molar-refractivity contribution in [1.29, 1.82) is 0 Å². The first-order valence-electron chi connectivity index (χ1n) is 8.18. The summed E-state index contributed by atoms with van der Waals surface area (Å²) in [6.07, 6.45) is 0. The standard InChI is InChI=1S/C16H16N2O2.C3H8O3S/c1-16(2,19)11-8-14-13(9-12(11)17)18-15(20-14)10-6-4-3-5-7-10;1-7(5,6)3-2-4/h3-9,19H,17H2,1-2H3;4H,1-3H2,(H,5,6). The zero-order valence-corrected chi connectivity index (χ0v) is 16.1. The van der Waals surface area contributed by atoms with Crippen LogP contribution in [0.3, 0.4) is 0 Å². The van der Waals surface area contributed by atoms with Crippen molar-refractivity contribution in [3.8, 4) is 11.5 Å². The Bertz CT molecular complexity index is 1010. The van der Waals surface area contributed by atoms with E-state index in [1.165, 1.54) is 0 Å². The Hall–Kier alpha value is -2.39. The lowest BCUT2D eigenvalue weighted by atomic mass is 9.96. The molecule has 1 unspecified atom stereocenters. The Labute approximate surface area is 158 Å². The van der Waals surface area contributed by atoms with Crippen molar-refractivity contribution in [2.75, 3.05) is 18.1 Å². The number of rotatable bonds is 4. The molecule has 0 saturated heterocycles. The highest BCUT2D eigenvalue weighted by Gasteiger charge is 2.21. The number of hydrogen-bond donors (Lipinski definition) is 4. The first kappa shape index (κ1) is 20.9. The van der Waals surface area contributed by atoms with E-state index in [0.29, 0.717) is 28.2 Å². The molecular weight excluding hydrogens is 368 g/mol. The van der Waals surface area contributed by atoms with Crippen LogP contribution < -0.4 is 5.73 Å². The van der Waals surface area contributed by atoms with E-state index in [4.69, 9.17) is 19.8 Å². The molecule has 0 spiro atoms. The number of aliphatic hydroxyl groups is 2. The first-order valence-corrected chi connectivity index (χ1v) is 10.0. The summed E-state index contributed by atoms with van der Waals surface area (Å²) in [5, 5.41) is 18.1. The van der Waals surface area contributed by atoms with Gasteiger partial charge in [-0.2, -0.15) is 0 Å². The molecular formula is C19H24N2O5S. The van der Waals surface area contributed by atoms with Crippen molar-refractivity contribution in [3.05, 3.63) is 48.0 Å². The van der Waals surface area contributed by atoms with Crippen LogP contribution in [0.5, 0.6) is 0 Å². The summed E-state index contributed by atoms with van der Waals surface area (Å²) in [6.45, 7) is 3.11. The van der Waals surface area contributed by atoms with Crippen LogP contribution in [-0.2, 0) is 15.4 Å². The molecule has 1 atom stereocenters. The first-order chi connectivity index (χ1) is 12.5. The summed E-state index contributed by atoms with van der Waals surface area (Å²) < 4.78 is 24.1. The van der Waals surface area contributed by atoms with Gasteiger partial charge in [0.15, 0.2) is 5.58 Å². The molecule has 1 heterocycles. The van der Waals surface area contributed by atoms with Gasteiger partial charge >= 0.3 is 0 Å². The Balaban J connectivity index is 0.000000321. The monoisotopic (exact) mass is 392 g/mol. The summed E-state index contributed by atoms with van der Waals surface area (Å²) in [4.78, 5) is 4.44. The van der Waals surface area contributed by atoms with Crippen LogP contribution in [0, 0.1) is 0 Å². The van der Waals surface area contributed by atoms with Crippen LogP contribution in [0.25, 0.3) is 22.6 Å². The molecule has 0 aliphatic heterocycles. The molecule has 7 nitrogen and oxygen atoms in total. The molecule has 0 bridgehead atoms. The van der Waals surface area contributed by atoms with E-state index in [2.05, 4.69) is 10.9 Å². The zero-order chi connectivity index (χ0) is 20.2. The third-order valence-corrected chi connectivity index (χ3v) is 4.47. The van der Waals surface area contributed by atoms with Crippen molar-refractivity contribution < 1.29 is 23.4 Å². The van der Waals surface area contributed by atoms with E-state index >= 15 is 0 Å². The Morgan fingerprint density at radius 3 is 2.37 bits per heavy atom. The summed E-state index contributed by atoms with van der Waals surface area (Å²) in [5.41, 5.74) is 8.33. The second-order valence-electron chi connectivity index (χ2n) is 6.55. The number of anilines is 1. The van der Waals surface area contributed by atoms with Crippen molar-refractivity contribution >= 4 is 32.5 Å². The lowest BCUT2D eigenvalue weighted by Crippen LogP contribution is -2.17. The predicted octanol–water partition coefficient (Wildman–Crippen LogP) is 2.47. The topological polar surface area (TPSA) is 130 Å². The molecule has 5 N–H and O–H groups in total. The third kappa shape index (κ3) is 5.80. The molecule has 0 aliphatic rings. The largest absolute Gasteiger partial charge is 0.436 e. The fraction of sp³-hybridized carbons (Fsp3) is 0.263. The van der Waals surface area contributed by atoms with E-state index in [1.54, 1.807) is 26.0 Å².